The van der Waals surface area contributed by atoms with Gasteiger partial charge in [0.15, 0.2) is 5.69 Å². The molecule has 6 nitrogen and oxygen atoms in total. The van der Waals surface area contributed by atoms with E-state index in [1.807, 2.05) is 28.8 Å². The standard InChI is InChI=1S/C26H35N5O/c27-25(28)24-26(32)31(23-10-2-1-9-22(23)29-24)21-14-18-7-4-8-19(15-21)30(18)20-12-16-5-3-6-17(11-16)13-20/h1-2,9-10,16-21H,3-8,11-15H2,(H3,27,28). The quantitative estimate of drug-likeness (QED) is 0.561. The second kappa shape index (κ2) is 7.98. The molecule has 2 aliphatic carbocycles. The number of para-hydroxylation sites is 2. The number of rotatable bonds is 3. The van der Waals surface area contributed by atoms with E-state index in [0.717, 1.165) is 41.8 Å². The van der Waals surface area contributed by atoms with Crippen molar-refractivity contribution < 1.29 is 0 Å². The summed E-state index contributed by atoms with van der Waals surface area (Å²) < 4.78 is 1.94. The predicted molar refractivity (Wildman–Crippen MR) is 127 cm³/mol. The number of nitrogens with one attached hydrogen (secondary N) is 1. The van der Waals surface area contributed by atoms with Gasteiger partial charge in [-0.3, -0.25) is 15.1 Å². The molecule has 4 fully saturated rings. The van der Waals surface area contributed by atoms with Gasteiger partial charge in [0.25, 0.3) is 5.56 Å². The number of nitrogens with zero attached hydrogens (tertiary/aromatic N) is 3. The summed E-state index contributed by atoms with van der Waals surface area (Å²) in [6.07, 6.45) is 14.4. The molecule has 2 aliphatic heterocycles. The zero-order valence-corrected chi connectivity index (χ0v) is 18.9. The highest BCUT2D eigenvalue weighted by Crippen LogP contribution is 2.47. The lowest BCUT2D eigenvalue weighted by atomic mass is 9.68. The van der Waals surface area contributed by atoms with Crippen LogP contribution in [0.1, 0.15) is 82.4 Å². The van der Waals surface area contributed by atoms with Crippen molar-refractivity contribution in [2.24, 2.45) is 17.6 Å². The minimum Gasteiger partial charge on any atom is -0.382 e. The average molecular weight is 434 g/mol. The van der Waals surface area contributed by atoms with Crippen LogP contribution in [0.4, 0.5) is 0 Å². The first kappa shape index (κ1) is 20.4. The van der Waals surface area contributed by atoms with Gasteiger partial charge in [0, 0.05) is 24.2 Å². The number of fused-ring (bicyclic) bond motifs is 5. The summed E-state index contributed by atoms with van der Waals surface area (Å²) in [7, 11) is 0. The fraction of sp³-hybridized carbons (Fsp3) is 0.654. The Morgan fingerprint density at radius 1 is 0.875 bits per heavy atom. The largest absolute Gasteiger partial charge is 0.382 e. The lowest BCUT2D eigenvalue weighted by Gasteiger charge is -2.55. The number of nitrogen functional groups attached to an aromatic ring is 1. The Morgan fingerprint density at radius 3 is 2.22 bits per heavy atom. The highest BCUT2D eigenvalue weighted by Gasteiger charge is 2.45. The Kier molecular flexibility index (Phi) is 5.09. The topological polar surface area (TPSA) is 88.0 Å². The van der Waals surface area contributed by atoms with Crippen molar-refractivity contribution in [2.75, 3.05) is 0 Å². The number of amidine groups is 1. The summed E-state index contributed by atoms with van der Waals surface area (Å²) in [6, 6.07) is 9.87. The maximum atomic E-state index is 13.4. The van der Waals surface area contributed by atoms with Crippen LogP contribution >= 0.6 is 0 Å². The molecule has 2 saturated carbocycles. The molecule has 32 heavy (non-hydrogen) atoms. The van der Waals surface area contributed by atoms with Crippen LogP contribution in [0.15, 0.2) is 29.1 Å². The van der Waals surface area contributed by atoms with Gasteiger partial charge in [-0.05, 0) is 68.9 Å². The number of benzene rings is 1. The molecule has 2 saturated heterocycles. The molecule has 3 heterocycles. The Morgan fingerprint density at radius 2 is 1.53 bits per heavy atom. The van der Waals surface area contributed by atoms with Crippen molar-refractivity contribution in [3.8, 4) is 0 Å². The number of piperidine rings is 2. The first-order valence-electron chi connectivity index (χ1n) is 12.7. The summed E-state index contributed by atoms with van der Waals surface area (Å²) in [5, 5.41) is 7.91. The molecule has 0 spiro atoms. The molecule has 0 radical (unpaired) electrons. The van der Waals surface area contributed by atoms with Gasteiger partial charge in [-0.25, -0.2) is 4.98 Å². The van der Waals surface area contributed by atoms with Crippen molar-refractivity contribution in [3.05, 3.63) is 40.3 Å². The van der Waals surface area contributed by atoms with E-state index in [1.54, 1.807) is 0 Å². The Balaban J connectivity index is 1.35. The van der Waals surface area contributed by atoms with E-state index in [2.05, 4.69) is 9.88 Å². The van der Waals surface area contributed by atoms with Gasteiger partial charge in [0.2, 0.25) is 0 Å². The lowest BCUT2D eigenvalue weighted by molar-refractivity contribution is -0.0485. The number of aromatic nitrogens is 2. The van der Waals surface area contributed by atoms with Gasteiger partial charge in [0.05, 0.1) is 11.0 Å². The molecular formula is C26H35N5O. The second-order valence-electron chi connectivity index (χ2n) is 10.9. The van der Waals surface area contributed by atoms with E-state index in [-0.39, 0.29) is 23.1 Å². The van der Waals surface area contributed by atoms with E-state index in [9.17, 15) is 4.79 Å². The van der Waals surface area contributed by atoms with Gasteiger partial charge in [0.1, 0.15) is 5.84 Å². The van der Waals surface area contributed by atoms with Crippen LogP contribution in [-0.4, -0.2) is 38.4 Å². The van der Waals surface area contributed by atoms with Gasteiger partial charge < -0.3 is 10.3 Å². The summed E-state index contributed by atoms with van der Waals surface area (Å²) >= 11 is 0. The van der Waals surface area contributed by atoms with Gasteiger partial charge >= 0.3 is 0 Å². The smallest absolute Gasteiger partial charge is 0.281 e. The Bertz CT molecular complexity index is 1070. The van der Waals surface area contributed by atoms with Gasteiger partial charge in [-0.1, -0.05) is 37.8 Å². The maximum Gasteiger partial charge on any atom is 0.281 e. The number of hydrogen-bond donors (Lipinski definition) is 2. The molecule has 4 aliphatic rings. The third kappa shape index (κ3) is 3.38. The molecule has 6 rings (SSSR count). The zero-order valence-electron chi connectivity index (χ0n) is 18.9. The molecule has 4 atom stereocenters. The van der Waals surface area contributed by atoms with Crippen LogP contribution in [-0.2, 0) is 0 Å². The molecule has 3 N–H and O–H groups in total. The molecule has 2 aromatic rings. The molecule has 0 amide bonds. The average Bonchev–Trinajstić information content (AvgIpc) is 2.77. The first-order chi connectivity index (χ1) is 15.6. The van der Waals surface area contributed by atoms with Crippen LogP contribution < -0.4 is 11.3 Å². The molecule has 4 bridgehead atoms. The summed E-state index contributed by atoms with van der Waals surface area (Å²) in [6.45, 7) is 0. The normalized spacial score (nSPS) is 35.0. The highest BCUT2D eigenvalue weighted by molar-refractivity contribution is 5.94. The zero-order chi connectivity index (χ0) is 21.8. The van der Waals surface area contributed by atoms with Crippen LogP contribution in [0.5, 0.6) is 0 Å². The molecule has 1 aromatic carbocycles. The minimum absolute atomic E-state index is 0.0939. The fourth-order valence-electron chi connectivity index (χ4n) is 7.83. The van der Waals surface area contributed by atoms with Crippen LogP contribution in [0.3, 0.4) is 0 Å². The van der Waals surface area contributed by atoms with E-state index in [0.29, 0.717) is 12.1 Å². The highest BCUT2D eigenvalue weighted by atomic mass is 16.1. The molecule has 6 heteroatoms. The third-order valence-corrected chi connectivity index (χ3v) is 8.95. The number of hydrogen-bond acceptors (Lipinski definition) is 4. The van der Waals surface area contributed by atoms with Crippen molar-refractivity contribution in [2.45, 2.75) is 94.8 Å². The van der Waals surface area contributed by atoms with Gasteiger partial charge in [-0.15, -0.1) is 0 Å². The minimum atomic E-state index is -0.235. The monoisotopic (exact) mass is 433 g/mol. The first-order valence-corrected chi connectivity index (χ1v) is 12.7. The van der Waals surface area contributed by atoms with E-state index >= 15 is 0 Å². The molecular weight excluding hydrogens is 398 g/mol. The van der Waals surface area contributed by atoms with Crippen molar-refractivity contribution in [1.29, 1.82) is 5.41 Å². The van der Waals surface area contributed by atoms with Gasteiger partial charge in [-0.2, -0.15) is 0 Å². The van der Waals surface area contributed by atoms with Crippen LogP contribution in [0.25, 0.3) is 11.0 Å². The summed E-state index contributed by atoms with van der Waals surface area (Å²) in [5.41, 5.74) is 7.29. The van der Waals surface area contributed by atoms with Crippen LogP contribution in [0.2, 0.25) is 0 Å². The second-order valence-corrected chi connectivity index (χ2v) is 10.9. The van der Waals surface area contributed by atoms with E-state index in [1.165, 1.54) is 57.8 Å². The van der Waals surface area contributed by atoms with Crippen molar-refractivity contribution in [1.82, 2.24) is 14.5 Å². The number of nitrogens with two attached hydrogens (primary N) is 1. The SMILES string of the molecule is N=C(N)c1nc2ccccc2n(C2CC3CCCC(C2)N3C2CC3CCCC(C3)C2)c1=O. The van der Waals surface area contributed by atoms with Crippen molar-refractivity contribution >= 4 is 16.9 Å². The van der Waals surface area contributed by atoms with E-state index < -0.39 is 0 Å². The fourth-order valence-corrected chi connectivity index (χ4v) is 7.83. The Hall–Kier alpha value is -2.21. The predicted octanol–water partition coefficient (Wildman–Crippen LogP) is 4.21. The molecule has 4 unspecified atom stereocenters. The van der Waals surface area contributed by atoms with E-state index in [4.69, 9.17) is 11.1 Å². The Labute approximate surface area is 189 Å². The molecule has 170 valence electrons. The molecule has 1 aromatic heterocycles. The third-order valence-electron chi connectivity index (χ3n) is 8.95. The summed E-state index contributed by atoms with van der Waals surface area (Å²) in [5.74, 6) is 1.65. The van der Waals surface area contributed by atoms with Crippen LogP contribution in [0, 0.1) is 17.2 Å². The van der Waals surface area contributed by atoms with Crippen molar-refractivity contribution in [3.63, 3.8) is 0 Å². The summed E-state index contributed by atoms with van der Waals surface area (Å²) in [4.78, 5) is 20.8. The maximum absolute atomic E-state index is 13.4. The lowest BCUT2D eigenvalue weighted by Crippen LogP contribution is -2.58.